The summed E-state index contributed by atoms with van der Waals surface area (Å²) < 4.78 is 5.70. The van der Waals surface area contributed by atoms with E-state index in [9.17, 15) is 4.79 Å². The number of hydrogen-bond donors (Lipinski definition) is 2. The van der Waals surface area contributed by atoms with Crippen LogP contribution in [-0.4, -0.2) is 60.4 Å². The summed E-state index contributed by atoms with van der Waals surface area (Å²) in [5.41, 5.74) is 0. The summed E-state index contributed by atoms with van der Waals surface area (Å²) in [6.07, 6.45) is 4.44. The van der Waals surface area contributed by atoms with E-state index in [0.29, 0.717) is 12.5 Å². The quantitative estimate of drug-likeness (QED) is 0.783. The van der Waals surface area contributed by atoms with Crippen molar-refractivity contribution >= 4 is 5.97 Å². The molecule has 2 rings (SSSR count). The minimum absolute atomic E-state index is 0.124. The van der Waals surface area contributed by atoms with Crippen LogP contribution in [0, 0.1) is 0 Å². The van der Waals surface area contributed by atoms with E-state index in [1.807, 2.05) is 6.92 Å². The highest BCUT2D eigenvalue weighted by Crippen LogP contribution is 2.21. The molecule has 0 amide bonds. The first-order chi connectivity index (χ1) is 9.20. The summed E-state index contributed by atoms with van der Waals surface area (Å²) in [5, 5.41) is 12.4. The number of aliphatic carboxylic acids is 1. The van der Waals surface area contributed by atoms with E-state index in [4.69, 9.17) is 9.84 Å². The molecule has 0 saturated carbocycles. The van der Waals surface area contributed by atoms with E-state index in [1.165, 1.54) is 12.8 Å². The molecule has 0 aliphatic carbocycles. The Morgan fingerprint density at radius 2 is 1.95 bits per heavy atom. The van der Waals surface area contributed by atoms with Gasteiger partial charge in [0.15, 0.2) is 6.10 Å². The molecular formula is C14H26N2O3. The number of nitrogens with zero attached hydrogens (tertiary/aromatic N) is 1. The van der Waals surface area contributed by atoms with Crippen molar-refractivity contribution in [1.82, 2.24) is 10.2 Å². The Bertz CT molecular complexity index is 284. The Morgan fingerprint density at radius 3 is 2.47 bits per heavy atom. The fourth-order valence-electron chi connectivity index (χ4n) is 3.11. The van der Waals surface area contributed by atoms with Crippen molar-refractivity contribution in [3.63, 3.8) is 0 Å². The fraction of sp³-hybridized carbons (Fsp3) is 0.929. The van der Waals surface area contributed by atoms with Gasteiger partial charge in [-0.05, 0) is 45.2 Å². The van der Waals surface area contributed by atoms with Crippen LogP contribution in [-0.2, 0) is 9.53 Å². The highest BCUT2D eigenvalue weighted by Gasteiger charge is 2.28. The Kier molecular flexibility index (Phi) is 5.60. The van der Waals surface area contributed by atoms with Crippen LogP contribution in [0.1, 0.15) is 39.0 Å². The van der Waals surface area contributed by atoms with Crippen LogP contribution in [0.4, 0.5) is 0 Å². The van der Waals surface area contributed by atoms with E-state index < -0.39 is 12.1 Å². The Labute approximate surface area is 115 Å². The van der Waals surface area contributed by atoms with Crippen LogP contribution in [0.5, 0.6) is 0 Å². The number of ether oxygens (including phenoxy) is 1. The molecule has 2 aliphatic heterocycles. The molecular weight excluding hydrogens is 244 g/mol. The van der Waals surface area contributed by atoms with Crippen LogP contribution in [0.25, 0.3) is 0 Å². The molecule has 5 heteroatoms. The molecule has 2 saturated heterocycles. The summed E-state index contributed by atoms with van der Waals surface area (Å²) in [6.45, 7) is 6.20. The van der Waals surface area contributed by atoms with Crippen LogP contribution in [0.2, 0.25) is 0 Å². The summed E-state index contributed by atoms with van der Waals surface area (Å²) in [5.74, 6) is -0.830. The number of piperidine rings is 2. The van der Waals surface area contributed by atoms with Gasteiger partial charge in [-0.1, -0.05) is 6.92 Å². The highest BCUT2D eigenvalue weighted by molar-refractivity contribution is 5.72. The van der Waals surface area contributed by atoms with Gasteiger partial charge in [-0.25, -0.2) is 4.79 Å². The maximum atomic E-state index is 11.0. The topological polar surface area (TPSA) is 61.8 Å². The molecule has 0 aromatic heterocycles. The molecule has 0 aromatic rings. The summed E-state index contributed by atoms with van der Waals surface area (Å²) >= 11 is 0. The number of carbonyl (C=O) groups is 1. The third-order valence-corrected chi connectivity index (χ3v) is 4.30. The first-order valence-electron chi connectivity index (χ1n) is 7.53. The lowest BCUT2D eigenvalue weighted by atomic mass is 10.00. The lowest BCUT2D eigenvalue weighted by Crippen LogP contribution is -2.48. The van der Waals surface area contributed by atoms with Crippen molar-refractivity contribution in [3.05, 3.63) is 0 Å². The van der Waals surface area contributed by atoms with Crippen molar-refractivity contribution in [3.8, 4) is 0 Å². The highest BCUT2D eigenvalue weighted by atomic mass is 16.5. The van der Waals surface area contributed by atoms with Crippen molar-refractivity contribution in [2.75, 3.05) is 26.2 Å². The summed E-state index contributed by atoms with van der Waals surface area (Å²) in [4.78, 5) is 13.5. The first kappa shape index (κ1) is 14.8. The third kappa shape index (κ3) is 4.16. The minimum Gasteiger partial charge on any atom is -0.479 e. The summed E-state index contributed by atoms with van der Waals surface area (Å²) in [7, 11) is 0. The van der Waals surface area contributed by atoms with Gasteiger partial charge in [0.05, 0.1) is 6.10 Å². The molecule has 2 aliphatic rings. The van der Waals surface area contributed by atoms with Gasteiger partial charge in [0.25, 0.3) is 0 Å². The van der Waals surface area contributed by atoms with Gasteiger partial charge in [0.1, 0.15) is 0 Å². The summed E-state index contributed by atoms with van der Waals surface area (Å²) in [6, 6.07) is 0.712. The van der Waals surface area contributed by atoms with Gasteiger partial charge < -0.3 is 20.1 Å². The average molecular weight is 270 g/mol. The lowest BCUT2D eigenvalue weighted by Gasteiger charge is -2.39. The number of carboxylic acids is 1. The number of likely N-dealkylation sites (tertiary alicyclic amines) is 1. The van der Waals surface area contributed by atoms with E-state index in [-0.39, 0.29) is 6.10 Å². The predicted octanol–water partition coefficient (Wildman–Crippen LogP) is 1.08. The molecule has 110 valence electrons. The van der Waals surface area contributed by atoms with Crippen molar-refractivity contribution < 1.29 is 14.6 Å². The largest absolute Gasteiger partial charge is 0.479 e. The fourth-order valence-corrected chi connectivity index (χ4v) is 3.11. The predicted molar refractivity (Wildman–Crippen MR) is 73.3 cm³/mol. The molecule has 19 heavy (non-hydrogen) atoms. The molecule has 5 nitrogen and oxygen atoms in total. The third-order valence-electron chi connectivity index (χ3n) is 4.30. The Morgan fingerprint density at radius 1 is 1.32 bits per heavy atom. The molecule has 0 spiro atoms. The molecule has 2 N–H and O–H groups in total. The molecule has 1 unspecified atom stereocenters. The van der Waals surface area contributed by atoms with Gasteiger partial charge in [-0.2, -0.15) is 0 Å². The van der Waals surface area contributed by atoms with E-state index in [1.54, 1.807) is 0 Å². The smallest absolute Gasteiger partial charge is 0.332 e. The van der Waals surface area contributed by atoms with Crippen LogP contribution in [0.3, 0.4) is 0 Å². The lowest BCUT2D eigenvalue weighted by molar-refractivity contribution is -0.156. The molecule has 0 bridgehead atoms. The van der Waals surface area contributed by atoms with Crippen LogP contribution >= 0.6 is 0 Å². The average Bonchev–Trinajstić information content (AvgIpc) is 2.46. The van der Waals surface area contributed by atoms with Crippen molar-refractivity contribution in [1.29, 1.82) is 0 Å². The molecule has 1 atom stereocenters. The zero-order valence-corrected chi connectivity index (χ0v) is 11.8. The van der Waals surface area contributed by atoms with E-state index in [0.717, 1.165) is 39.0 Å². The monoisotopic (exact) mass is 270 g/mol. The molecule has 0 radical (unpaired) electrons. The van der Waals surface area contributed by atoms with Crippen molar-refractivity contribution in [2.24, 2.45) is 0 Å². The second kappa shape index (κ2) is 7.22. The van der Waals surface area contributed by atoms with Gasteiger partial charge >= 0.3 is 5.97 Å². The normalized spacial score (nSPS) is 25.3. The first-order valence-corrected chi connectivity index (χ1v) is 7.53. The van der Waals surface area contributed by atoms with Crippen LogP contribution in [0.15, 0.2) is 0 Å². The molecule has 2 heterocycles. The van der Waals surface area contributed by atoms with Crippen LogP contribution < -0.4 is 5.32 Å². The SMILES string of the molecule is CCC(OC1CCN(C2CCNCC2)CC1)C(=O)O. The second-order valence-electron chi connectivity index (χ2n) is 5.59. The van der Waals surface area contributed by atoms with Crippen molar-refractivity contribution in [2.45, 2.75) is 57.3 Å². The van der Waals surface area contributed by atoms with E-state index in [2.05, 4.69) is 10.2 Å². The number of hydrogen-bond acceptors (Lipinski definition) is 4. The van der Waals surface area contributed by atoms with E-state index >= 15 is 0 Å². The Balaban J connectivity index is 1.74. The van der Waals surface area contributed by atoms with Gasteiger partial charge in [0, 0.05) is 19.1 Å². The number of rotatable bonds is 5. The number of carboxylic acid groups (broad SMARTS) is 1. The molecule has 0 aromatic carbocycles. The minimum atomic E-state index is -0.830. The van der Waals surface area contributed by atoms with Gasteiger partial charge in [-0.3, -0.25) is 0 Å². The number of nitrogens with one attached hydrogen (secondary N) is 1. The zero-order valence-electron chi connectivity index (χ0n) is 11.8. The van der Waals surface area contributed by atoms with Gasteiger partial charge in [-0.15, -0.1) is 0 Å². The maximum absolute atomic E-state index is 11.0. The second-order valence-corrected chi connectivity index (χ2v) is 5.59. The molecule has 2 fully saturated rings. The zero-order chi connectivity index (χ0) is 13.7. The maximum Gasteiger partial charge on any atom is 0.332 e. The Hall–Kier alpha value is -0.650. The van der Waals surface area contributed by atoms with Gasteiger partial charge in [0.2, 0.25) is 0 Å². The standard InChI is InChI=1S/C14H26N2O3/c1-2-13(14(17)18)19-12-5-9-16(10-6-12)11-3-7-15-8-4-11/h11-13,15H,2-10H2,1H3,(H,17,18).